The van der Waals surface area contributed by atoms with E-state index >= 15 is 0 Å². The van der Waals surface area contributed by atoms with E-state index in [9.17, 15) is 4.79 Å². The summed E-state index contributed by atoms with van der Waals surface area (Å²) in [6.45, 7) is 3.83. The molecule has 3 aliphatic rings. The highest BCUT2D eigenvalue weighted by atomic mass is 16.6. The third-order valence-corrected chi connectivity index (χ3v) is 4.50. The van der Waals surface area contributed by atoms with Crippen LogP contribution in [0.25, 0.3) is 0 Å². The lowest BCUT2D eigenvalue weighted by Crippen LogP contribution is -2.39. The molecule has 1 aromatic rings. The molecule has 0 unspecified atom stereocenters. The fourth-order valence-electron chi connectivity index (χ4n) is 3.50. The van der Waals surface area contributed by atoms with E-state index < -0.39 is 0 Å². The van der Waals surface area contributed by atoms with Crippen molar-refractivity contribution in [3.63, 3.8) is 0 Å². The molecule has 1 N–H and O–H groups in total. The average molecular weight is 274 g/mol. The van der Waals surface area contributed by atoms with Crippen LogP contribution < -0.4 is 14.8 Å². The standard InChI is InChI=1S/C15H18N2O3/c18-15(17-5-4-10-8-16-9-12(10)17)11-2-1-3-13-14(11)20-7-6-19-13/h1-3,10,12,16H,4-9H2/t10-,12+/m0/s1. The number of nitrogens with one attached hydrogen (secondary N) is 1. The molecule has 5 nitrogen and oxygen atoms in total. The first-order valence-corrected chi connectivity index (χ1v) is 7.25. The van der Waals surface area contributed by atoms with Gasteiger partial charge in [0.05, 0.1) is 5.56 Å². The summed E-state index contributed by atoms with van der Waals surface area (Å²) in [7, 11) is 0. The largest absolute Gasteiger partial charge is 0.486 e. The SMILES string of the molecule is O=C(c1cccc2c1OCCO2)N1CC[C@H]2CNC[C@H]21. The van der Waals surface area contributed by atoms with Crippen LogP contribution in [0.4, 0.5) is 0 Å². The van der Waals surface area contributed by atoms with E-state index in [1.54, 1.807) is 0 Å². The maximum absolute atomic E-state index is 12.8. The second kappa shape index (κ2) is 4.66. The summed E-state index contributed by atoms with van der Waals surface area (Å²) in [5.74, 6) is 1.97. The first-order valence-electron chi connectivity index (χ1n) is 7.25. The second-order valence-corrected chi connectivity index (χ2v) is 5.60. The highest BCUT2D eigenvalue weighted by molar-refractivity contribution is 5.98. The Morgan fingerprint density at radius 2 is 2.15 bits per heavy atom. The smallest absolute Gasteiger partial charge is 0.258 e. The number of rotatable bonds is 1. The fraction of sp³-hybridized carbons (Fsp3) is 0.533. The lowest BCUT2D eigenvalue weighted by Gasteiger charge is -2.26. The van der Waals surface area contributed by atoms with Crippen molar-refractivity contribution in [2.45, 2.75) is 12.5 Å². The molecule has 3 heterocycles. The van der Waals surface area contributed by atoms with Gasteiger partial charge < -0.3 is 19.7 Å². The molecular weight excluding hydrogens is 256 g/mol. The van der Waals surface area contributed by atoms with Gasteiger partial charge in [0.2, 0.25) is 0 Å². The Balaban J connectivity index is 1.66. The molecule has 4 rings (SSSR count). The van der Waals surface area contributed by atoms with Crippen molar-refractivity contribution in [2.75, 3.05) is 32.8 Å². The van der Waals surface area contributed by atoms with Gasteiger partial charge in [0.1, 0.15) is 13.2 Å². The Bertz CT molecular complexity index is 546. The quantitative estimate of drug-likeness (QED) is 0.826. The minimum absolute atomic E-state index is 0.0727. The van der Waals surface area contributed by atoms with Gasteiger partial charge in [-0.1, -0.05) is 6.07 Å². The van der Waals surface area contributed by atoms with Gasteiger partial charge in [-0.25, -0.2) is 0 Å². The van der Waals surface area contributed by atoms with Gasteiger partial charge in [-0.15, -0.1) is 0 Å². The van der Waals surface area contributed by atoms with Crippen molar-refractivity contribution in [2.24, 2.45) is 5.92 Å². The summed E-state index contributed by atoms with van der Waals surface area (Å²) in [6.07, 6.45) is 1.09. The molecular formula is C15H18N2O3. The molecule has 2 fully saturated rings. The molecule has 0 radical (unpaired) electrons. The Morgan fingerprint density at radius 1 is 1.25 bits per heavy atom. The van der Waals surface area contributed by atoms with Gasteiger partial charge in [0.15, 0.2) is 11.5 Å². The third-order valence-electron chi connectivity index (χ3n) is 4.50. The molecule has 0 bridgehead atoms. The number of fused-ring (bicyclic) bond motifs is 2. The van der Waals surface area contributed by atoms with E-state index in [1.165, 1.54) is 0 Å². The maximum Gasteiger partial charge on any atom is 0.258 e. The number of benzene rings is 1. The van der Waals surface area contributed by atoms with Gasteiger partial charge in [-0.3, -0.25) is 4.79 Å². The van der Waals surface area contributed by atoms with Crippen LogP contribution in [0.5, 0.6) is 11.5 Å². The fourth-order valence-corrected chi connectivity index (χ4v) is 3.50. The van der Waals surface area contributed by atoms with E-state index in [2.05, 4.69) is 5.32 Å². The number of likely N-dealkylation sites (tertiary alicyclic amines) is 1. The van der Waals surface area contributed by atoms with Crippen LogP contribution in [-0.2, 0) is 0 Å². The van der Waals surface area contributed by atoms with Crippen LogP contribution in [0.2, 0.25) is 0 Å². The molecule has 3 aliphatic heterocycles. The molecule has 5 heteroatoms. The van der Waals surface area contributed by atoms with Gasteiger partial charge >= 0.3 is 0 Å². The normalized spacial score (nSPS) is 27.5. The van der Waals surface area contributed by atoms with Gasteiger partial charge in [-0.2, -0.15) is 0 Å². The monoisotopic (exact) mass is 274 g/mol. The molecule has 1 aromatic carbocycles. The van der Waals surface area contributed by atoms with Crippen molar-refractivity contribution < 1.29 is 14.3 Å². The van der Waals surface area contributed by atoms with Gasteiger partial charge in [0.25, 0.3) is 5.91 Å². The summed E-state index contributed by atoms with van der Waals surface area (Å²) in [6, 6.07) is 5.89. The second-order valence-electron chi connectivity index (χ2n) is 5.60. The first-order chi connectivity index (χ1) is 9.84. The zero-order chi connectivity index (χ0) is 13.5. The number of hydrogen-bond acceptors (Lipinski definition) is 4. The molecule has 106 valence electrons. The molecule has 0 saturated carbocycles. The van der Waals surface area contributed by atoms with Crippen LogP contribution in [0, 0.1) is 5.92 Å². The van der Waals surface area contributed by atoms with Crippen molar-refractivity contribution >= 4 is 5.91 Å². The number of carbonyl (C=O) groups excluding carboxylic acids is 1. The number of para-hydroxylation sites is 1. The molecule has 2 atom stereocenters. The summed E-state index contributed by atoms with van der Waals surface area (Å²) in [5.41, 5.74) is 0.634. The minimum atomic E-state index is 0.0727. The lowest BCUT2D eigenvalue weighted by atomic mass is 10.0. The zero-order valence-electron chi connectivity index (χ0n) is 11.3. The van der Waals surface area contributed by atoms with Crippen LogP contribution >= 0.6 is 0 Å². The molecule has 1 amide bonds. The van der Waals surface area contributed by atoms with Crippen molar-refractivity contribution in [1.82, 2.24) is 10.2 Å². The topological polar surface area (TPSA) is 50.8 Å². The van der Waals surface area contributed by atoms with Gasteiger partial charge in [-0.05, 0) is 24.5 Å². The van der Waals surface area contributed by atoms with Crippen molar-refractivity contribution in [3.05, 3.63) is 23.8 Å². The summed E-state index contributed by atoms with van der Waals surface area (Å²) in [4.78, 5) is 14.8. The van der Waals surface area contributed by atoms with Crippen LogP contribution in [0.15, 0.2) is 18.2 Å². The predicted molar refractivity (Wildman–Crippen MR) is 73.2 cm³/mol. The predicted octanol–water partition coefficient (Wildman–Crippen LogP) is 0.892. The summed E-state index contributed by atoms with van der Waals surface area (Å²) < 4.78 is 11.2. The highest BCUT2D eigenvalue weighted by Crippen LogP contribution is 2.36. The Morgan fingerprint density at radius 3 is 3.10 bits per heavy atom. The highest BCUT2D eigenvalue weighted by Gasteiger charge is 2.41. The van der Waals surface area contributed by atoms with E-state index in [1.807, 2.05) is 23.1 Å². The summed E-state index contributed by atoms with van der Waals surface area (Å²) >= 11 is 0. The molecule has 2 saturated heterocycles. The van der Waals surface area contributed by atoms with Crippen LogP contribution in [0.3, 0.4) is 0 Å². The average Bonchev–Trinajstić information content (AvgIpc) is 3.09. The number of amides is 1. The Kier molecular flexibility index (Phi) is 2.80. The van der Waals surface area contributed by atoms with E-state index in [0.717, 1.165) is 26.1 Å². The maximum atomic E-state index is 12.8. The molecule has 0 aromatic heterocycles. The lowest BCUT2D eigenvalue weighted by molar-refractivity contribution is 0.0726. The number of carbonyl (C=O) groups is 1. The first kappa shape index (κ1) is 12.0. The van der Waals surface area contributed by atoms with Crippen molar-refractivity contribution in [3.8, 4) is 11.5 Å². The van der Waals surface area contributed by atoms with Crippen molar-refractivity contribution in [1.29, 1.82) is 0 Å². The number of ether oxygens (including phenoxy) is 2. The van der Waals surface area contributed by atoms with E-state index in [0.29, 0.717) is 42.2 Å². The summed E-state index contributed by atoms with van der Waals surface area (Å²) in [5, 5.41) is 3.37. The molecule has 0 aliphatic carbocycles. The van der Waals surface area contributed by atoms with E-state index in [4.69, 9.17) is 9.47 Å². The van der Waals surface area contributed by atoms with E-state index in [-0.39, 0.29) is 5.91 Å². The third kappa shape index (κ3) is 1.77. The van der Waals surface area contributed by atoms with Gasteiger partial charge in [0, 0.05) is 25.7 Å². The van der Waals surface area contributed by atoms with Crippen LogP contribution in [0.1, 0.15) is 16.8 Å². The minimum Gasteiger partial charge on any atom is -0.486 e. The zero-order valence-corrected chi connectivity index (χ0v) is 11.3. The molecule has 20 heavy (non-hydrogen) atoms. The number of nitrogens with zero attached hydrogens (tertiary/aromatic N) is 1. The molecule has 0 spiro atoms. The Labute approximate surface area is 117 Å². The number of hydrogen-bond donors (Lipinski definition) is 1. The Hall–Kier alpha value is -1.75. The van der Waals surface area contributed by atoms with Crippen LogP contribution in [-0.4, -0.2) is 49.7 Å².